The maximum atomic E-state index is 11.9. The van der Waals surface area contributed by atoms with E-state index in [1.165, 1.54) is 4.57 Å². The second kappa shape index (κ2) is 5.05. The number of carboxylic acid groups (broad SMARTS) is 1. The van der Waals surface area contributed by atoms with Gasteiger partial charge in [-0.25, -0.2) is 4.79 Å². The summed E-state index contributed by atoms with van der Waals surface area (Å²) in [6.07, 6.45) is 0. The van der Waals surface area contributed by atoms with E-state index in [9.17, 15) is 9.59 Å². The van der Waals surface area contributed by atoms with Crippen molar-refractivity contribution in [3.8, 4) is 5.75 Å². The molecule has 0 aliphatic rings. The van der Waals surface area contributed by atoms with Gasteiger partial charge in [0.05, 0.1) is 5.52 Å². The van der Waals surface area contributed by atoms with E-state index in [0.717, 1.165) is 9.86 Å². The summed E-state index contributed by atoms with van der Waals surface area (Å²) in [6, 6.07) is 5.14. The largest absolute Gasteiger partial charge is 0.482 e. The van der Waals surface area contributed by atoms with Crippen LogP contribution in [0.1, 0.15) is 5.56 Å². The molecule has 0 aliphatic heterocycles. The van der Waals surface area contributed by atoms with E-state index >= 15 is 0 Å². The van der Waals surface area contributed by atoms with Crippen LogP contribution in [0, 0.1) is 6.92 Å². The van der Waals surface area contributed by atoms with Gasteiger partial charge in [0, 0.05) is 28.5 Å². The molecule has 5 nitrogen and oxygen atoms in total. The van der Waals surface area contributed by atoms with Crippen molar-refractivity contribution in [2.45, 2.75) is 6.92 Å². The second-order valence-electron chi connectivity index (χ2n) is 4.21. The zero-order chi connectivity index (χ0) is 14.2. The molecule has 0 saturated carbocycles. The normalized spacial score (nSPS) is 10.7. The van der Waals surface area contributed by atoms with E-state index in [4.69, 9.17) is 9.84 Å². The Bertz CT molecular complexity index is 721. The summed E-state index contributed by atoms with van der Waals surface area (Å²) in [5, 5.41) is 9.48. The lowest BCUT2D eigenvalue weighted by molar-refractivity contribution is -0.139. The Balaban J connectivity index is 2.62. The van der Waals surface area contributed by atoms with E-state index in [-0.39, 0.29) is 5.56 Å². The molecule has 0 atom stereocenters. The first-order valence-electron chi connectivity index (χ1n) is 5.54. The molecule has 1 aromatic heterocycles. The summed E-state index contributed by atoms with van der Waals surface area (Å²) in [6.45, 7) is 1.33. The van der Waals surface area contributed by atoms with Gasteiger partial charge in [0.1, 0.15) is 5.75 Å². The smallest absolute Gasteiger partial charge is 0.341 e. The number of rotatable bonds is 3. The van der Waals surface area contributed by atoms with Crippen LogP contribution in [0.25, 0.3) is 10.9 Å². The number of fused-ring (bicyclic) bond motifs is 1. The number of aryl methyl sites for hydroxylation is 2. The number of nitrogens with zero attached hydrogens (tertiary/aromatic N) is 1. The minimum absolute atomic E-state index is 0.0882. The number of hydrogen-bond donors (Lipinski definition) is 1. The molecule has 1 N–H and O–H groups in total. The first-order valence-corrected chi connectivity index (χ1v) is 6.34. The number of halogens is 1. The lowest BCUT2D eigenvalue weighted by atomic mass is 10.1. The highest BCUT2D eigenvalue weighted by Gasteiger charge is 2.09. The molecule has 0 fully saturated rings. The molecule has 0 unspecified atom stereocenters. The first kappa shape index (κ1) is 13.6. The fourth-order valence-electron chi connectivity index (χ4n) is 1.88. The Kier molecular flexibility index (Phi) is 3.61. The Morgan fingerprint density at radius 1 is 1.42 bits per heavy atom. The number of aliphatic carboxylic acids is 1. The molecule has 2 aromatic rings. The van der Waals surface area contributed by atoms with Gasteiger partial charge in [-0.1, -0.05) is 0 Å². The molecule has 0 saturated heterocycles. The third-order valence-corrected chi connectivity index (χ3v) is 3.46. The van der Waals surface area contributed by atoms with Crippen LogP contribution in [-0.4, -0.2) is 22.2 Å². The Morgan fingerprint density at radius 3 is 2.74 bits per heavy atom. The van der Waals surface area contributed by atoms with Crippen LogP contribution < -0.4 is 10.3 Å². The van der Waals surface area contributed by atoms with E-state index in [0.29, 0.717) is 16.8 Å². The quantitative estimate of drug-likeness (QED) is 0.938. The lowest BCUT2D eigenvalue weighted by Gasteiger charge is -2.11. The van der Waals surface area contributed by atoms with Gasteiger partial charge in [-0.2, -0.15) is 0 Å². The van der Waals surface area contributed by atoms with E-state index in [2.05, 4.69) is 15.9 Å². The predicted molar refractivity (Wildman–Crippen MR) is 74.8 cm³/mol. The van der Waals surface area contributed by atoms with Crippen molar-refractivity contribution in [2.75, 3.05) is 6.61 Å². The fraction of sp³-hybridized carbons (Fsp3) is 0.231. The van der Waals surface area contributed by atoms with Gasteiger partial charge >= 0.3 is 5.97 Å². The van der Waals surface area contributed by atoms with Crippen molar-refractivity contribution in [2.24, 2.45) is 7.05 Å². The van der Waals surface area contributed by atoms with E-state index < -0.39 is 12.6 Å². The van der Waals surface area contributed by atoms with Crippen molar-refractivity contribution >= 4 is 32.8 Å². The van der Waals surface area contributed by atoms with E-state index in [1.807, 2.05) is 0 Å². The SMILES string of the molecule is Cc1cc2c(Br)cc(OCC(=O)O)cc2n(C)c1=O. The van der Waals surface area contributed by atoms with Crippen molar-refractivity contribution in [1.29, 1.82) is 0 Å². The third-order valence-electron chi connectivity index (χ3n) is 2.81. The highest BCUT2D eigenvalue weighted by atomic mass is 79.9. The van der Waals surface area contributed by atoms with Gasteiger partial charge in [0.25, 0.3) is 5.56 Å². The molecule has 6 heteroatoms. The van der Waals surface area contributed by atoms with Crippen LogP contribution in [0.4, 0.5) is 0 Å². The highest BCUT2D eigenvalue weighted by Crippen LogP contribution is 2.29. The number of pyridine rings is 1. The monoisotopic (exact) mass is 325 g/mol. The molecule has 100 valence electrons. The number of hydrogen-bond acceptors (Lipinski definition) is 3. The van der Waals surface area contributed by atoms with Crippen LogP contribution in [-0.2, 0) is 11.8 Å². The summed E-state index contributed by atoms with van der Waals surface area (Å²) in [5.74, 6) is -0.644. The summed E-state index contributed by atoms with van der Waals surface area (Å²) in [7, 11) is 1.67. The number of ether oxygens (including phenoxy) is 1. The van der Waals surface area contributed by atoms with Crippen LogP contribution in [0.5, 0.6) is 5.75 Å². The van der Waals surface area contributed by atoms with E-state index in [1.54, 1.807) is 32.2 Å². The van der Waals surface area contributed by atoms with Gasteiger partial charge in [0.2, 0.25) is 0 Å². The molecule has 1 heterocycles. The van der Waals surface area contributed by atoms with Gasteiger partial charge < -0.3 is 14.4 Å². The van der Waals surface area contributed by atoms with Crippen LogP contribution in [0.3, 0.4) is 0 Å². The molecule has 0 spiro atoms. The predicted octanol–water partition coefficient (Wildman–Crippen LogP) is 2.07. The minimum Gasteiger partial charge on any atom is -0.482 e. The van der Waals surface area contributed by atoms with Crippen molar-refractivity contribution in [3.05, 3.63) is 38.6 Å². The second-order valence-corrected chi connectivity index (χ2v) is 5.07. The highest BCUT2D eigenvalue weighted by molar-refractivity contribution is 9.10. The molecular weight excluding hydrogens is 314 g/mol. The minimum atomic E-state index is -1.05. The zero-order valence-corrected chi connectivity index (χ0v) is 12.0. The van der Waals surface area contributed by atoms with Crippen molar-refractivity contribution in [3.63, 3.8) is 0 Å². The van der Waals surface area contributed by atoms with Crippen LogP contribution >= 0.6 is 15.9 Å². The lowest BCUT2D eigenvalue weighted by Crippen LogP contribution is -2.19. The molecule has 0 bridgehead atoms. The van der Waals surface area contributed by atoms with Gasteiger partial charge in [-0.3, -0.25) is 4.79 Å². The molecule has 1 aromatic carbocycles. The maximum absolute atomic E-state index is 11.9. The van der Waals surface area contributed by atoms with Gasteiger partial charge in [-0.05, 0) is 35.0 Å². The Hall–Kier alpha value is -1.82. The summed E-state index contributed by atoms with van der Waals surface area (Å²) >= 11 is 3.40. The third kappa shape index (κ3) is 2.63. The number of benzene rings is 1. The van der Waals surface area contributed by atoms with Gasteiger partial charge in [0.15, 0.2) is 6.61 Å². The number of carboxylic acids is 1. The number of carbonyl (C=O) groups is 1. The topological polar surface area (TPSA) is 68.5 Å². The molecule has 0 aliphatic carbocycles. The standard InChI is InChI=1S/C13H12BrNO4/c1-7-3-9-10(14)4-8(19-6-12(16)17)5-11(9)15(2)13(7)18/h3-5H,6H2,1-2H3,(H,16,17). The molecule has 0 amide bonds. The summed E-state index contributed by atoms with van der Waals surface area (Å²) < 4.78 is 7.41. The molecule has 19 heavy (non-hydrogen) atoms. The first-order chi connectivity index (χ1) is 8.90. The molecule has 0 radical (unpaired) electrons. The Morgan fingerprint density at radius 2 is 2.11 bits per heavy atom. The average molecular weight is 326 g/mol. The maximum Gasteiger partial charge on any atom is 0.341 e. The fourth-order valence-corrected chi connectivity index (χ4v) is 2.42. The molecular formula is C13H12BrNO4. The summed E-state index contributed by atoms with van der Waals surface area (Å²) in [5.41, 5.74) is 1.25. The van der Waals surface area contributed by atoms with Crippen molar-refractivity contribution < 1.29 is 14.6 Å². The van der Waals surface area contributed by atoms with Crippen LogP contribution in [0.2, 0.25) is 0 Å². The molecule has 2 rings (SSSR count). The average Bonchev–Trinajstić information content (AvgIpc) is 2.35. The van der Waals surface area contributed by atoms with Gasteiger partial charge in [-0.15, -0.1) is 0 Å². The Labute approximate surface area is 117 Å². The van der Waals surface area contributed by atoms with Crippen molar-refractivity contribution in [1.82, 2.24) is 4.57 Å². The zero-order valence-electron chi connectivity index (χ0n) is 10.4. The summed E-state index contributed by atoms with van der Waals surface area (Å²) in [4.78, 5) is 22.4. The number of aromatic nitrogens is 1. The van der Waals surface area contributed by atoms with Crippen LogP contribution in [0.15, 0.2) is 27.5 Å².